The molecule has 1 aliphatic rings. The molecule has 1 heterocycles. The van der Waals surface area contributed by atoms with Gasteiger partial charge in [0.2, 0.25) is 0 Å². The summed E-state index contributed by atoms with van der Waals surface area (Å²) in [5.74, 6) is 0.945. The van der Waals surface area contributed by atoms with Gasteiger partial charge in [-0.25, -0.2) is 0 Å². The fourth-order valence-corrected chi connectivity index (χ4v) is 4.29. The molecule has 0 saturated carbocycles. The van der Waals surface area contributed by atoms with E-state index in [0.717, 1.165) is 25.3 Å². The van der Waals surface area contributed by atoms with Crippen LogP contribution in [0.15, 0.2) is 53.4 Å². The molecule has 2 aromatic rings. The van der Waals surface area contributed by atoms with Crippen molar-refractivity contribution in [1.82, 2.24) is 0 Å². The molecule has 1 unspecified atom stereocenters. The van der Waals surface area contributed by atoms with Crippen LogP contribution in [0.1, 0.15) is 30.6 Å². The third kappa shape index (κ3) is 3.25. The average molecular weight is 313 g/mol. The van der Waals surface area contributed by atoms with E-state index in [1.807, 2.05) is 17.8 Å². The minimum atomic E-state index is 0.484. The Morgan fingerprint density at radius 2 is 2.05 bits per heavy atom. The van der Waals surface area contributed by atoms with Crippen LogP contribution in [0.3, 0.4) is 0 Å². The largest absolute Gasteiger partial charge is 0.497 e. The fraction of sp³-hybridized carbons (Fsp3) is 0.368. The van der Waals surface area contributed by atoms with Crippen LogP contribution in [0.25, 0.3) is 0 Å². The van der Waals surface area contributed by atoms with Gasteiger partial charge in [0.25, 0.3) is 0 Å². The molecule has 0 aliphatic carbocycles. The van der Waals surface area contributed by atoms with Crippen molar-refractivity contribution in [2.45, 2.75) is 29.9 Å². The van der Waals surface area contributed by atoms with Gasteiger partial charge in [-0.2, -0.15) is 0 Å². The van der Waals surface area contributed by atoms with E-state index in [2.05, 4.69) is 54.3 Å². The van der Waals surface area contributed by atoms with Crippen LogP contribution in [-0.4, -0.2) is 20.2 Å². The second-order valence-electron chi connectivity index (χ2n) is 5.63. The molecule has 2 aromatic carbocycles. The second-order valence-corrected chi connectivity index (χ2v) is 6.87. The number of ether oxygens (including phenoxy) is 1. The lowest BCUT2D eigenvalue weighted by atomic mass is 10.1. The average Bonchev–Trinajstić information content (AvgIpc) is 2.75. The van der Waals surface area contributed by atoms with E-state index in [0.29, 0.717) is 5.25 Å². The van der Waals surface area contributed by atoms with Gasteiger partial charge in [-0.3, -0.25) is 0 Å². The molecule has 0 spiro atoms. The van der Waals surface area contributed by atoms with Crippen molar-refractivity contribution < 1.29 is 4.74 Å². The van der Waals surface area contributed by atoms with Crippen LogP contribution < -0.4 is 9.64 Å². The number of benzene rings is 2. The highest BCUT2D eigenvalue weighted by Crippen LogP contribution is 2.45. The molecular weight excluding hydrogens is 290 g/mol. The zero-order chi connectivity index (χ0) is 15.4. The summed E-state index contributed by atoms with van der Waals surface area (Å²) in [5.41, 5.74) is 2.75. The molecule has 0 amide bonds. The van der Waals surface area contributed by atoms with Crippen LogP contribution in [0.4, 0.5) is 5.69 Å². The third-order valence-electron chi connectivity index (χ3n) is 4.10. The molecule has 0 bridgehead atoms. The summed E-state index contributed by atoms with van der Waals surface area (Å²) in [6.07, 6.45) is 2.34. The summed E-state index contributed by atoms with van der Waals surface area (Å²) in [6.45, 7) is 4.49. The monoisotopic (exact) mass is 313 g/mol. The zero-order valence-electron chi connectivity index (χ0n) is 13.3. The van der Waals surface area contributed by atoms with Crippen molar-refractivity contribution in [2.24, 2.45) is 0 Å². The molecular formula is C19H23NOS. The smallest absolute Gasteiger partial charge is 0.119 e. The molecule has 3 heteroatoms. The highest BCUT2D eigenvalue weighted by Gasteiger charge is 2.22. The van der Waals surface area contributed by atoms with Crippen LogP contribution in [-0.2, 0) is 0 Å². The minimum Gasteiger partial charge on any atom is -0.497 e. The Bertz CT molecular complexity index is 628. The number of thioether (sulfide) groups is 1. The number of hydrogen-bond donors (Lipinski definition) is 0. The third-order valence-corrected chi connectivity index (χ3v) is 5.49. The zero-order valence-corrected chi connectivity index (χ0v) is 14.1. The van der Waals surface area contributed by atoms with Crippen molar-refractivity contribution in [3.05, 3.63) is 54.1 Å². The van der Waals surface area contributed by atoms with Crippen LogP contribution in [0, 0.1) is 0 Å². The lowest BCUT2D eigenvalue weighted by Gasteiger charge is -2.23. The van der Waals surface area contributed by atoms with E-state index in [1.165, 1.54) is 22.6 Å². The summed E-state index contributed by atoms with van der Waals surface area (Å²) >= 11 is 1.98. The molecule has 0 aromatic heterocycles. The Morgan fingerprint density at radius 1 is 1.18 bits per heavy atom. The summed E-state index contributed by atoms with van der Waals surface area (Å²) in [5, 5.41) is 0.484. The summed E-state index contributed by atoms with van der Waals surface area (Å²) < 4.78 is 5.39. The van der Waals surface area contributed by atoms with Crippen molar-refractivity contribution in [3.63, 3.8) is 0 Å². The van der Waals surface area contributed by atoms with Gasteiger partial charge in [0.05, 0.1) is 12.8 Å². The maximum absolute atomic E-state index is 5.39. The van der Waals surface area contributed by atoms with E-state index in [4.69, 9.17) is 4.74 Å². The Balaban J connectivity index is 1.90. The SMILES string of the molecule is CCCN1CCC(c2cccc(OC)c2)Sc2ccccc21. The molecule has 2 nitrogen and oxygen atoms in total. The first-order valence-electron chi connectivity index (χ1n) is 7.96. The summed E-state index contributed by atoms with van der Waals surface area (Å²) in [6, 6.07) is 17.3. The highest BCUT2D eigenvalue weighted by molar-refractivity contribution is 7.99. The van der Waals surface area contributed by atoms with Crippen molar-refractivity contribution >= 4 is 17.4 Å². The van der Waals surface area contributed by atoms with E-state index >= 15 is 0 Å². The summed E-state index contributed by atoms with van der Waals surface area (Å²) in [4.78, 5) is 3.92. The first-order valence-corrected chi connectivity index (χ1v) is 8.84. The Hall–Kier alpha value is -1.61. The van der Waals surface area contributed by atoms with Crippen molar-refractivity contribution in [2.75, 3.05) is 25.1 Å². The number of fused-ring (bicyclic) bond motifs is 1. The first-order chi connectivity index (χ1) is 10.8. The van der Waals surface area contributed by atoms with E-state index in [-0.39, 0.29) is 0 Å². The number of methoxy groups -OCH3 is 1. The minimum absolute atomic E-state index is 0.484. The molecule has 22 heavy (non-hydrogen) atoms. The molecule has 0 N–H and O–H groups in total. The van der Waals surface area contributed by atoms with Crippen LogP contribution >= 0.6 is 11.8 Å². The van der Waals surface area contributed by atoms with Crippen LogP contribution in [0.5, 0.6) is 5.75 Å². The predicted molar refractivity (Wildman–Crippen MR) is 95.2 cm³/mol. The molecule has 3 rings (SSSR count). The Morgan fingerprint density at radius 3 is 2.86 bits per heavy atom. The molecule has 116 valence electrons. The maximum Gasteiger partial charge on any atom is 0.119 e. The van der Waals surface area contributed by atoms with Gasteiger partial charge in [-0.1, -0.05) is 31.2 Å². The Kier molecular flexibility index (Phi) is 4.94. The fourth-order valence-electron chi connectivity index (χ4n) is 3.00. The first kappa shape index (κ1) is 15.3. The van der Waals surface area contributed by atoms with Crippen molar-refractivity contribution in [1.29, 1.82) is 0 Å². The van der Waals surface area contributed by atoms with Gasteiger partial charge >= 0.3 is 0 Å². The number of anilines is 1. The number of hydrogen-bond acceptors (Lipinski definition) is 3. The van der Waals surface area contributed by atoms with Gasteiger partial charge < -0.3 is 9.64 Å². The van der Waals surface area contributed by atoms with Crippen molar-refractivity contribution in [3.8, 4) is 5.75 Å². The molecule has 0 fully saturated rings. The van der Waals surface area contributed by atoms with Gasteiger partial charge in [-0.05, 0) is 42.7 Å². The summed E-state index contributed by atoms with van der Waals surface area (Å²) in [7, 11) is 1.73. The normalized spacial score (nSPS) is 17.7. The van der Waals surface area contributed by atoms with Gasteiger partial charge in [-0.15, -0.1) is 11.8 Å². The van der Waals surface area contributed by atoms with E-state index in [1.54, 1.807) is 7.11 Å². The second kappa shape index (κ2) is 7.10. The number of rotatable bonds is 4. The maximum atomic E-state index is 5.39. The topological polar surface area (TPSA) is 12.5 Å². The van der Waals surface area contributed by atoms with Gasteiger partial charge in [0.15, 0.2) is 0 Å². The van der Waals surface area contributed by atoms with Crippen LogP contribution in [0.2, 0.25) is 0 Å². The van der Waals surface area contributed by atoms with Gasteiger partial charge in [0.1, 0.15) is 5.75 Å². The van der Waals surface area contributed by atoms with E-state index < -0.39 is 0 Å². The lowest BCUT2D eigenvalue weighted by Crippen LogP contribution is -2.25. The quantitative estimate of drug-likeness (QED) is 0.774. The molecule has 1 atom stereocenters. The van der Waals surface area contributed by atoms with E-state index in [9.17, 15) is 0 Å². The van der Waals surface area contributed by atoms with Gasteiger partial charge in [0, 0.05) is 23.2 Å². The lowest BCUT2D eigenvalue weighted by molar-refractivity contribution is 0.414. The Labute approximate surface area is 137 Å². The molecule has 1 aliphatic heterocycles. The molecule has 0 saturated heterocycles. The number of nitrogens with zero attached hydrogens (tertiary/aromatic N) is 1. The molecule has 0 radical (unpaired) electrons. The standard InChI is InChI=1S/C19H23NOS/c1-3-12-20-13-11-18(15-7-6-8-16(14-15)21-2)22-19-10-5-4-9-17(19)20/h4-10,14,18H,3,11-13H2,1-2H3. The number of para-hydroxylation sites is 1. The predicted octanol–water partition coefficient (Wildman–Crippen LogP) is 5.15. The highest BCUT2D eigenvalue weighted by atomic mass is 32.2.